The molecule has 0 aliphatic heterocycles. The third-order valence-corrected chi connectivity index (χ3v) is 6.63. The van der Waals surface area contributed by atoms with Gasteiger partial charge in [-0.15, -0.1) is 0 Å². The number of carbonyl (C=O) groups excluding carboxylic acids is 1. The second kappa shape index (κ2) is 10.8. The molecule has 0 unspecified atom stereocenters. The van der Waals surface area contributed by atoms with Crippen molar-refractivity contribution in [3.8, 4) is 0 Å². The van der Waals surface area contributed by atoms with Gasteiger partial charge in [0.1, 0.15) is 5.82 Å². The van der Waals surface area contributed by atoms with E-state index < -0.39 is 0 Å². The van der Waals surface area contributed by atoms with Crippen LogP contribution in [0, 0.1) is 13.8 Å². The van der Waals surface area contributed by atoms with Gasteiger partial charge in [-0.3, -0.25) is 4.79 Å². The van der Waals surface area contributed by atoms with Gasteiger partial charge in [0.2, 0.25) is 0 Å². The summed E-state index contributed by atoms with van der Waals surface area (Å²) < 4.78 is 0. The predicted molar refractivity (Wildman–Crippen MR) is 137 cm³/mol. The number of hydrogen-bond donors (Lipinski definition) is 2. The smallest absolute Gasteiger partial charge is 0.252 e. The Labute approximate surface area is 197 Å². The highest BCUT2D eigenvalue weighted by molar-refractivity contribution is 6.07. The lowest BCUT2D eigenvalue weighted by Crippen LogP contribution is -2.35. The molecule has 5 nitrogen and oxygen atoms in total. The summed E-state index contributed by atoms with van der Waals surface area (Å²) in [6, 6.07) is 16.7. The minimum atomic E-state index is -0.0441. The highest BCUT2D eigenvalue weighted by Gasteiger charge is 2.18. The Morgan fingerprint density at radius 3 is 2.52 bits per heavy atom. The first-order valence-corrected chi connectivity index (χ1v) is 12.2. The van der Waals surface area contributed by atoms with E-state index in [-0.39, 0.29) is 5.91 Å². The molecular weight excluding hydrogens is 408 g/mol. The molecule has 0 spiro atoms. The highest BCUT2D eigenvalue weighted by Crippen LogP contribution is 2.25. The van der Waals surface area contributed by atoms with Crippen molar-refractivity contribution >= 4 is 28.3 Å². The molecule has 2 aromatic carbocycles. The largest absolute Gasteiger partial charge is 0.352 e. The van der Waals surface area contributed by atoms with E-state index in [0.717, 1.165) is 29.6 Å². The molecular formula is C28H36N4O. The number of nitrogens with zero attached hydrogens (tertiary/aromatic N) is 2. The van der Waals surface area contributed by atoms with Crippen LogP contribution in [0.25, 0.3) is 10.9 Å². The number of aryl methyl sites for hydroxylation is 2. The van der Waals surface area contributed by atoms with Crippen LogP contribution >= 0.6 is 0 Å². The predicted octanol–water partition coefficient (Wildman–Crippen LogP) is 5.98. The standard InChI is InChI=1S/C28H36N4O/c1-20-16-21(2)18-22(17-20)30-27-19-25(24-12-7-8-13-26(24)31-27)28(33)29-14-9-15-32(3)23-10-5-4-6-11-23/h7-8,12-13,16-19,23H,4-6,9-11,14-15H2,1-3H3,(H,29,33)(H,30,31). The molecule has 2 N–H and O–H groups in total. The number of anilines is 2. The van der Waals surface area contributed by atoms with E-state index in [0.29, 0.717) is 24.0 Å². The fraction of sp³-hybridized carbons (Fsp3) is 0.429. The topological polar surface area (TPSA) is 57.3 Å². The number of amides is 1. The maximum absolute atomic E-state index is 13.1. The van der Waals surface area contributed by atoms with Crippen LogP contribution in [-0.4, -0.2) is 42.0 Å². The highest BCUT2D eigenvalue weighted by atomic mass is 16.1. The Morgan fingerprint density at radius 2 is 1.76 bits per heavy atom. The number of benzene rings is 2. The summed E-state index contributed by atoms with van der Waals surface area (Å²) >= 11 is 0. The van der Waals surface area contributed by atoms with Crippen LogP contribution in [0.15, 0.2) is 48.5 Å². The zero-order valence-electron chi connectivity index (χ0n) is 20.2. The Balaban J connectivity index is 1.43. The SMILES string of the molecule is Cc1cc(C)cc(Nc2cc(C(=O)NCCCN(C)C3CCCCC3)c3ccccc3n2)c1. The van der Waals surface area contributed by atoms with Gasteiger partial charge in [0.15, 0.2) is 0 Å². The van der Waals surface area contributed by atoms with E-state index in [1.165, 1.54) is 43.2 Å². The third-order valence-electron chi connectivity index (χ3n) is 6.63. The lowest BCUT2D eigenvalue weighted by Gasteiger charge is -2.31. The summed E-state index contributed by atoms with van der Waals surface area (Å²) in [4.78, 5) is 20.4. The molecule has 0 bridgehead atoms. The number of rotatable bonds is 8. The van der Waals surface area contributed by atoms with Crippen LogP contribution in [0.4, 0.5) is 11.5 Å². The van der Waals surface area contributed by atoms with Crippen molar-refractivity contribution in [1.29, 1.82) is 0 Å². The number of hydrogen-bond acceptors (Lipinski definition) is 4. The van der Waals surface area contributed by atoms with Crippen LogP contribution in [0.2, 0.25) is 0 Å². The molecule has 0 radical (unpaired) electrons. The molecule has 174 valence electrons. The molecule has 1 saturated carbocycles. The summed E-state index contributed by atoms with van der Waals surface area (Å²) in [7, 11) is 2.22. The monoisotopic (exact) mass is 444 g/mol. The Bertz CT molecular complexity index is 1080. The van der Waals surface area contributed by atoms with Gasteiger partial charge < -0.3 is 15.5 Å². The van der Waals surface area contributed by atoms with Crippen molar-refractivity contribution < 1.29 is 4.79 Å². The van der Waals surface area contributed by atoms with Crippen molar-refractivity contribution in [3.63, 3.8) is 0 Å². The first kappa shape index (κ1) is 23.2. The second-order valence-corrected chi connectivity index (χ2v) is 9.46. The summed E-state index contributed by atoms with van der Waals surface area (Å²) in [5.41, 5.74) is 4.83. The molecule has 4 rings (SSSR count). The third kappa shape index (κ3) is 6.11. The average molecular weight is 445 g/mol. The maximum atomic E-state index is 13.1. The Kier molecular flexibility index (Phi) is 7.61. The molecule has 1 aromatic heterocycles. The lowest BCUT2D eigenvalue weighted by molar-refractivity contribution is 0.0952. The lowest BCUT2D eigenvalue weighted by atomic mass is 9.94. The van der Waals surface area contributed by atoms with Crippen molar-refractivity contribution in [2.24, 2.45) is 0 Å². The molecule has 0 atom stereocenters. The molecule has 1 amide bonds. The second-order valence-electron chi connectivity index (χ2n) is 9.46. The Morgan fingerprint density at radius 1 is 1.03 bits per heavy atom. The van der Waals surface area contributed by atoms with E-state index >= 15 is 0 Å². The molecule has 1 aliphatic carbocycles. The molecule has 1 fully saturated rings. The number of pyridine rings is 1. The fourth-order valence-corrected chi connectivity index (χ4v) is 4.95. The van der Waals surface area contributed by atoms with Crippen molar-refractivity contribution in [1.82, 2.24) is 15.2 Å². The zero-order valence-corrected chi connectivity index (χ0v) is 20.2. The number of fused-ring (bicyclic) bond motifs is 1. The van der Waals surface area contributed by atoms with Gasteiger partial charge in [0.25, 0.3) is 5.91 Å². The minimum absolute atomic E-state index is 0.0441. The first-order valence-electron chi connectivity index (χ1n) is 12.2. The van der Waals surface area contributed by atoms with Gasteiger partial charge in [0, 0.05) is 23.7 Å². The van der Waals surface area contributed by atoms with Crippen molar-refractivity contribution in [3.05, 3.63) is 65.2 Å². The molecule has 1 aliphatic rings. The molecule has 0 saturated heterocycles. The van der Waals surface area contributed by atoms with Crippen molar-refractivity contribution in [2.75, 3.05) is 25.5 Å². The van der Waals surface area contributed by atoms with E-state index in [2.05, 4.69) is 54.6 Å². The Hall–Kier alpha value is -2.92. The maximum Gasteiger partial charge on any atom is 0.252 e. The summed E-state index contributed by atoms with van der Waals surface area (Å²) in [6.45, 7) is 5.85. The van der Waals surface area contributed by atoms with Gasteiger partial charge in [-0.2, -0.15) is 0 Å². The summed E-state index contributed by atoms with van der Waals surface area (Å²) in [5.74, 6) is 0.637. The van der Waals surface area contributed by atoms with E-state index in [1.807, 2.05) is 30.3 Å². The summed E-state index contributed by atoms with van der Waals surface area (Å²) in [5, 5.41) is 7.41. The van der Waals surface area contributed by atoms with Crippen LogP contribution in [0.1, 0.15) is 60.0 Å². The van der Waals surface area contributed by atoms with Gasteiger partial charge in [-0.1, -0.05) is 43.5 Å². The van der Waals surface area contributed by atoms with Crippen LogP contribution in [0.5, 0.6) is 0 Å². The van der Waals surface area contributed by atoms with E-state index in [1.54, 1.807) is 0 Å². The average Bonchev–Trinajstić information content (AvgIpc) is 2.81. The zero-order chi connectivity index (χ0) is 23.2. The van der Waals surface area contributed by atoms with Gasteiger partial charge in [-0.25, -0.2) is 4.98 Å². The summed E-state index contributed by atoms with van der Waals surface area (Å²) in [6.07, 6.45) is 7.64. The molecule has 5 heteroatoms. The number of aromatic nitrogens is 1. The first-order chi connectivity index (χ1) is 16.0. The number of para-hydroxylation sites is 1. The number of carbonyl (C=O) groups is 1. The van der Waals surface area contributed by atoms with E-state index in [4.69, 9.17) is 4.98 Å². The van der Waals surface area contributed by atoms with Gasteiger partial charge in [-0.05, 0) is 82.1 Å². The van der Waals surface area contributed by atoms with Gasteiger partial charge >= 0.3 is 0 Å². The van der Waals surface area contributed by atoms with Crippen LogP contribution in [-0.2, 0) is 0 Å². The van der Waals surface area contributed by atoms with Crippen LogP contribution < -0.4 is 10.6 Å². The quantitative estimate of drug-likeness (QED) is 0.420. The molecule has 1 heterocycles. The normalized spacial score (nSPS) is 14.5. The minimum Gasteiger partial charge on any atom is -0.352 e. The fourth-order valence-electron chi connectivity index (χ4n) is 4.95. The van der Waals surface area contributed by atoms with E-state index in [9.17, 15) is 4.79 Å². The molecule has 3 aromatic rings. The van der Waals surface area contributed by atoms with Crippen LogP contribution in [0.3, 0.4) is 0 Å². The molecule has 33 heavy (non-hydrogen) atoms. The van der Waals surface area contributed by atoms with Gasteiger partial charge in [0.05, 0.1) is 11.1 Å². The van der Waals surface area contributed by atoms with Crippen molar-refractivity contribution in [2.45, 2.75) is 58.4 Å². The number of nitrogens with one attached hydrogen (secondary N) is 2.